The molecule has 0 aliphatic carbocycles. The zero-order chi connectivity index (χ0) is 17.8. The Balaban J connectivity index is 1.81. The van der Waals surface area contributed by atoms with Gasteiger partial charge in [0.15, 0.2) is 0 Å². The average Bonchev–Trinajstić information content (AvgIpc) is 2.61. The largest absolute Gasteiger partial charge is 0.368 e. The smallest absolute Gasteiger partial charge is 0.270 e. The molecule has 126 valence electrons. The number of carbonyl (C=O) groups is 1. The van der Waals surface area contributed by atoms with Gasteiger partial charge in [-0.1, -0.05) is 35.9 Å². The van der Waals surface area contributed by atoms with E-state index < -0.39 is 0 Å². The molecule has 1 amide bonds. The van der Waals surface area contributed by atoms with E-state index >= 15 is 0 Å². The van der Waals surface area contributed by atoms with E-state index in [2.05, 4.69) is 20.3 Å². The fraction of sp³-hybridized carbons (Fsp3) is 0.158. The second-order valence-electron chi connectivity index (χ2n) is 5.81. The normalized spacial score (nSPS) is 10.5. The lowest BCUT2D eigenvalue weighted by Gasteiger charge is -2.08. The number of hydrogen-bond donors (Lipinski definition) is 2. The number of carbonyl (C=O) groups excluding carboxylic acids is 1. The highest BCUT2D eigenvalue weighted by Gasteiger charge is 2.12. The van der Waals surface area contributed by atoms with Crippen molar-refractivity contribution in [3.8, 4) is 11.3 Å². The molecule has 0 spiro atoms. The van der Waals surface area contributed by atoms with Crippen molar-refractivity contribution in [3.63, 3.8) is 0 Å². The fourth-order valence-corrected chi connectivity index (χ4v) is 2.41. The molecule has 1 aromatic carbocycles. The van der Waals surface area contributed by atoms with Gasteiger partial charge in [-0.3, -0.25) is 9.78 Å². The minimum absolute atomic E-state index is 0.0669. The standard InChI is InChI=1S/C19H19N5O/c1-12-5-7-14(8-6-12)15-10-16(24-19(20)23-15)18(25)22-11-17-13(2)4-3-9-21-17/h3-10H,11H2,1-2H3,(H,22,25)(H2,20,23,24). The number of pyridine rings is 1. The quantitative estimate of drug-likeness (QED) is 0.765. The highest BCUT2D eigenvalue weighted by Crippen LogP contribution is 2.19. The van der Waals surface area contributed by atoms with Crippen molar-refractivity contribution < 1.29 is 4.79 Å². The van der Waals surface area contributed by atoms with E-state index in [1.807, 2.05) is 50.2 Å². The number of aromatic nitrogens is 3. The summed E-state index contributed by atoms with van der Waals surface area (Å²) in [6, 6.07) is 13.3. The topological polar surface area (TPSA) is 93.8 Å². The zero-order valence-corrected chi connectivity index (χ0v) is 14.2. The van der Waals surface area contributed by atoms with Gasteiger partial charge in [0.05, 0.1) is 17.9 Å². The Labute approximate surface area is 146 Å². The predicted molar refractivity (Wildman–Crippen MR) is 96.8 cm³/mol. The molecule has 6 heteroatoms. The van der Waals surface area contributed by atoms with Gasteiger partial charge >= 0.3 is 0 Å². The average molecular weight is 333 g/mol. The van der Waals surface area contributed by atoms with Gasteiger partial charge in [-0.25, -0.2) is 9.97 Å². The van der Waals surface area contributed by atoms with Gasteiger partial charge in [0.25, 0.3) is 5.91 Å². The third-order valence-corrected chi connectivity index (χ3v) is 3.86. The van der Waals surface area contributed by atoms with Crippen LogP contribution in [0.15, 0.2) is 48.7 Å². The minimum atomic E-state index is -0.312. The van der Waals surface area contributed by atoms with Crippen molar-refractivity contribution in [1.82, 2.24) is 20.3 Å². The van der Waals surface area contributed by atoms with E-state index in [0.29, 0.717) is 12.2 Å². The molecule has 3 aromatic rings. The summed E-state index contributed by atoms with van der Waals surface area (Å²) in [4.78, 5) is 25.0. The van der Waals surface area contributed by atoms with Crippen LogP contribution in [0.3, 0.4) is 0 Å². The van der Waals surface area contributed by atoms with E-state index in [-0.39, 0.29) is 17.5 Å². The second kappa shape index (κ2) is 7.09. The Morgan fingerprint density at radius 1 is 1.12 bits per heavy atom. The van der Waals surface area contributed by atoms with Gasteiger partial charge in [0, 0.05) is 11.8 Å². The van der Waals surface area contributed by atoms with Gasteiger partial charge in [-0.2, -0.15) is 0 Å². The molecular formula is C19H19N5O. The van der Waals surface area contributed by atoms with Crippen LogP contribution in [0, 0.1) is 13.8 Å². The van der Waals surface area contributed by atoms with Crippen LogP contribution in [-0.4, -0.2) is 20.9 Å². The van der Waals surface area contributed by atoms with E-state index in [1.165, 1.54) is 0 Å². The Morgan fingerprint density at radius 2 is 1.88 bits per heavy atom. The number of hydrogen-bond acceptors (Lipinski definition) is 5. The van der Waals surface area contributed by atoms with Crippen LogP contribution < -0.4 is 11.1 Å². The monoisotopic (exact) mass is 333 g/mol. The number of nitrogens with zero attached hydrogens (tertiary/aromatic N) is 3. The van der Waals surface area contributed by atoms with Crippen molar-refractivity contribution in [3.05, 3.63) is 71.2 Å². The molecular weight excluding hydrogens is 314 g/mol. The first-order valence-electron chi connectivity index (χ1n) is 7.93. The summed E-state index contributed by atoms with van der Waals surface area (Å²) < 4.78 is 0. The number of nitrogen functional groups attached to an aromatic ring is 1. The van der Waals surface area contributed by atoms with Crippen molar-refractivity contribution in [2.75, 3.05) is 5.73 Å². The van der Waals surface area contributed by atoms with Gasteiger partial charge < -0.3 is 11.1 Å². The lowest BCUT2D eigenvalue weighted by molar-refractivity contribution is 0.0945. The first kappa shape index (κ1) is 16.6. The van der Waals surface area contributed by atoms with Gasteiger partial charge in [0.1, 0.15) is 5.69 Å². The molecule has 3 rings (SSSR count). The number of aryl methyl sites for hydroxylation is 2. The molecule has 0 fully saturated rings. The highest BCUT2D eigenvalue weighted by molar-refractivity contribution is 5.93. The third-order valence-electron chi connectivity index (χ3n) is 3.86. The number of rotatable bonds is 4. The number of nitrogens with two attached hydrogens (primary N) is 1. The summed E-state index contributed by atoms with van der Waals surface area (Å²) in [6.07, 6.45) is 1.70. The molecule has 0 saturated carbocycles. The summed E-state index contributed by atoms with van der Waals surface area (Å²) in [7, 11) is 0. The molecule has 3 N–H and O–H groups in total. The molecule has 0 bridgehead atoms. The van der Waals surface area contributed by atoms with Crippen molar-refractivity contribution in [2.45, 2.75) is 20.4 Å². The van der Waals surface area contributed by atoms with Gasteiger partial charge in [-0.05, 0) is 31.5 Å². The molecule has 0 unspecified atom stereocenters. The zero-order valence-electron chi connectivity index (χ0n) is 14.2. The van der Waals surface area contributed by atoms with Crippen LogP contribution in [0.4, 0.5) is 5.95 Å². The van der Waals surface area contributed by atoms with Crippen LogP contribution in [0.5, 0.6) is 0 Å². The maximum atomic E-state index is 12.4. The lowest BCUT2D eigenvalue weighted by atomic mass is 10.1. The number of nitrogens with one attached hydrogen (secondary N) is 1. The van der Waals surface area contributed by atoms with E-state index in [9.17, 15) is 4.79 Å². The summed E-state index contributed by atoms with van der Waals surface area (Å²) >= 11 is 0. The van der Waals surface area contributed by atoms with E-state index in [4.69, 9.17) is 5.73 Å². The Kier molecular flexibility index (Phi) is 4.70. The summed E-state index contributed by atoms with van der Waals surface area (Å²) in [5.41, 5.74) is 10.5. The van der Waals surface area contributed by atoms with Crippen molar-refractivity contribution >= 4 is 11.9 Å². The Morgan fingerprint density at radius 3 is 2.60 bits per heavy atom. The van der Waals surface area contributed by atoms with Crippen molar-refractivity contribution in [1.29, 1.82) is 0 Å². The molecule has 0 aliphatic heterocycles. The van der Waals surface area contributed by atoms with Gasteiger partial charge in [-0.15, -0.1) is 0 Å². The number of benzene rings is 1. The molecule has 2 aromatic heterocycles. The Hall–Kier alpha value is -3.28. The lowest BCUT2D eigenvalue weighted by Crippen LogP contribution is -2.25. The molecule has 2 heterocycles. The predicted octanol–water partition coefficient (Wildman–Crippen LogP) is 2.67. The van der Waals surface area contributed by atoms with Crippen LogP contribution in [0.25, 0.3) is 11.3 Å². The molecule has 0 saturated heterocycles. The second-order valence-corrected chi connectivity index (χ2v) is 5.81. The van der Waals surface area contributed by atoms with Crippen LogP contribution in [0.1, 0.15) is 27.3 Å². The van der Waals surface area contributed by atoms with Gasteiger partial charge in [0.2, 0.25) is 5.95 Å². The third kappa shape index (κ3) is 3.98. The number of amides is 1. The number of anilines is 1. The SMILES string of the molecule is Cc1ccc(-c2cc(C(=O)NCc3ncccc3C)nc(N)n2)cc1. The van der Waals surface area contributed by atoms with Crippen LogP contribution >= 0.6 is 0 Å². The molecule has 6 nitrogen and oxygen atoms in total. The summed E-state index contributed by atoms with van der Waals surface area (Å²) in [6.45, 7) is 4.29. The van der Waals surface area contributed by atoms with Crippen LogP contribution in [-0.2, 0) is 6.54 Å². The van der Waals surface area contributed by atoms with Crippen LogP contribution in [0.2, 0.25) is 0 Å². The molecule has 0 aliphatic rings. The summed E-state index contributed by atoms with van der Waals surface area (Å²) in [5.74, 6) is -0.246. The van der Waals surface area contributed by atoms with Crippen molar-refractivity contribution in [2.24, 2.45) is 0 Å². The molecule has 25 heavy (non-hydrogen) atoms. The first-order chi connectivity index (χ1) is 12.0. The minimum Gasteiger partial charge on any atom is -0.368 e. The van der Waals surface area contributed by atoms with E-state index in [1.54, 1.807) is 12.3 Å². The Bertz CT molecular complexity index is 906. The maximum Gasteiger partial charge on any atom is 0.270 e. The summed E-state index contributed by atoms with van der Waals surface area (Å²) in [5, 5.41) is 2.82. The highest BCUT2D eigenvalue weighted by atomic mass is 16.1. The maximum absolute atomic E-state index is 12.4. The molecule has 0 radical (unpaired) electrons. The fourth-order valence-electron chi connectivity index (χ4n) is 2.41. The van der Waals surface area contributed by atoms with E-state index in [0.717, 1.165) is 22.4 Å². The molecule has 0 atom stereocenters. The first-order valence-corrected chi connectivity index (χ1v) is 7.93.